The predicted octanol–water partition coefficient (Wildman–Crippen LogP) is 1.33. The van der Waals surface area contributed by atoms with E-state index in [1.807, 2.05) is 6.92 Å². The molecular formula is C20H28N2O7S. The van der Waals surface area contributed by atoms with Crippen molar-refractivity contribution in [3.63, 3.8) is 0 Å². The van der Waals surface area contributed by atoms with Gasteiger partial charge < -0.3 is 14.8 Å². The van der Waals surface area contributed by atoms with Crippen molar-refractivity contribution in [1.82, 2.24) is 9.62 Å². The number of methoxy groups -OCH3 is 1. The minimum atomic E-state index is -3.92. The molecule has 9 nitrogen and oxygen atoms in total. The highest BCUT2D eigenvalue weighted by atomic mass is 32.2. The number of nitrogens with one attached hydrogen (secondary N) is 1. The molecule has 1 fully saturated rings. The van der Waals surface area contributed by atoms with E-state index in [0.29, 0.717) is 6.54 Å². The molecule has 1 saturated heterocycles. The number of benzene rings is 1. The van der Waals surface area contributed by atoms with Crippen LogP contribution in [0.5, 0.6) is 0 Å². The highest BCUT2D eigenvalue weighted by Gasteiger charge is 2.34. The molecule has 1 amide bonds. The number of piperidine rings is 1. The van der Waals surface area contributed by atoms with Gasteiger partial charge in [-0.1, -0.05) is 25.5 Å². The van der Waals surface area contributed by atoms with E-state index in [1.54, 1.807) is 6.07 Å². The summed E-state index contributed by atoms with van der Waals surface area (Å²) in [6.07, 6.45) is 2.35. The highest BCUT2D eigenvalue weighted by Crippen LogP contribution is 2.26. The third kappa shape index (κ3) is 6.02. The van der Waals surface area contributed by atoms with Gasteiger partial charge in [-0.2, -0.15) is 4.31 Å². The molecule has 0 aromatic heterocycles. The molecular weight excluding hydrogens is 412 g/mol. The van der Waals surface area contributed by atoms with E-state index >= 15 is 0 Å². The summed E-state index contributed by atoms with van der Waals surface area (Å²) in [5.41, 5.74) is -0.0318. The van der Waals surface area contributed by atoms with E-state index in [2.05, 4.69) is 10.1 Å². The number of unbranched alkanes of at least 4 members (excludes halogenated alkanes) is 1. The summed E-state index contributed by atoms with van der Waals surface area (Å²) in [5, 5.41) is 2.66. The second-order valence-corrected chi connectivity index (χ2v) is 8.88. The summed E-state index contributed by atoms with van der Waals surface area (Å²) in [6, 6.07) is 5.86. The van der Waals surface area contributed by atoms with E-state index in [0.717, 1.165) is 12.8 Å². The Bertz CT molecular complexity index is 862. The van der Waals surface area contributed by atoms with Crippen LogP contribution in [0.1, 0.15) is 43.0 Å². The number of carbonyl (C=O) groups is 3. The number of hydrogen-bond acceptors (Lipinski definition) is 7. The van der Waals surface area contributed by atoms with Gasteiger partial charge in [0.25, 0.3) is 5.91 Å². The molecule has 0 unspecified atom stereocenters. The fourth-order valence-electron chi connectivity index (χ4n) is 3.15. The first-order valence-corrected chi connectivity index (χ1v) is 11.4. The average Bonchev–Trinajstić information content (AvgIpc) is 2.77. The zero-order chi connectivity index (χ0) is 22.1. The molecule has 1 heterocycles. The Kier molecular flexibility index (Phi) is 8.79. The van der Waals surface area contributed by atoms with E-state index < -0.39 is 27.9 Å². The van der Waals surface area contributed by atoms with Gasteiger partial charge in [-0.15, -0.1) is 0 Å². The number of esters is 2. The Balaban J connectivity index is 1.93. The van der Waals surface area contributed by atoms with Crippen molar-refractivity contribution in [3.8, 4) is 0 Å². The Hall–Kier alpha value is -2.46. The second kappa shape index (κ2) is 11.1. The minimum absolute atomic E-state index is 0.0318. The van der Waals surface area contributed by atoms with Crippen LogP contribution in [0.4, 0.5) is 0 Å². The Morgan fingerprint density at radius 2 is 1.83 bits per heavy atom. The van der Waals surface area contributed by atoms with Crippen molar-refractivity contribution in [2.75, 3.05) is 33.4 Å². The zero-order valence-corrected chi connectivity index (χ0v) is 18.1. The van der Waals surface area contributed by atoms with Crippen LogP contribution in [0.15, 0.2) is 29.2 Å². The predicted molar refractivity (Wildman–Crippen MR) is 108 cm³/mol. The second-order valence-electron chi connectivity index (χ2n) is 6.98. The van der Waals surface area contributed by atoms with Crippen molar-refractivity contribution >= 4 is 27.9 Å². The lowest BCUT2D eigenvalue weighted by molar-refractivity contribution is -0.153. The number of hydrogen-bond donors (Lipinski definition) is 1. The molecule has 0 bridgehead atoms. The smallest absolute Gasteiger partial charge is 0.339 e. The van der Waals surface area contributed by atoms with E-state index in [-0.39, 0.29) is 48.9 Å². The SMILES string of the molecule is CCCCNC(=O)COC(=O)C1CCN(S(=O)(=O)c2ccccc2C(=O)OC)CC1. The Labute approximate surface area is 176 Å². The molecule has 1 aromatic carbocycles. The lowest BCUT2D eigenvalue weighted by atomic mass is 9.98. The van der Waals surface area contributed by atoms with Crippen LogP contribution < -0.4 is 5.32 Å². The number of ether oxygens (including phenoxy) is 2. The van der Waals surface area contributed by atoms with Gasteiger partial charge in [0.05, 0.1) is 23.5 Å². The number of carbonyl (C=O) groups excluding carboxylic acids is 3. The topological polar surface area (TPSA) is 119 Å². The summed E-state index contributed by atoms with van der Waals surface area (Å²) < 4.78 is 37.0. The lowest BCUT2D eigenvalue weighted by Crippen LogP contribution is -2.41. The van der Waals surface area contributed by atoms with Crippen molar-refractivity contribution in [2.24, 2.45) is 5.92 Å². The zero-order valence-electron chi connectivity index (χ0n) is 17.3. The van der Waals surface area contributed by atoms with E-state index in [1.165, 1.54) is 29.6 Å². The first-order chi connectivity index (χ1) is 14.3. The first kappa shape index (κ1) is 23.8. The van der Waals surface area contributed by atoms with Gasteiger partial charge in [0, 0.05) is 19.6 Å². The van der Waals surface area contributed by atoms with Crippen molar-refractivity contribution in [3.05, 3.63) is 29.8 Å². The molecule has 0 radical (unpaired) electrons. The molecule has 0 spiro atoms. The van der Waals surface area contributed by atoms with Gasteiger partial charge in [-0.25, -0.2) is 13.2 Å². The van der Waals surface area contributed by atoms with Gasteiger partial charge in [-0.05, 0) is 31.4 Å². The van der Waals surface area contributed by atoms with Crippen LogP contribution in [0, 0.1) is 5.92 Å². The molecule has 0 saturated carbocycles. The lowest BCUT2D eigenvalue weighted by Gasteiger charge is -2.30. The summed E-state index contributed by atoms with van der Waals surface area (Å²) in [6.45, 7) is 2.43. The molecule has 1 aromatic rings. The van der Waals surface area contributed by atoms with Crippen molar-refractivity contribution in [1.29, 1.82) is 0 Å². The number of sulfonamides is 1. The summed E-state index contributed by atoms with van der Waals surface area (Å²) in [4.78, 5) is 35.6. The van der Waals surface area contributed by atoms with Crippen LogP contribution in [0.3, 0.4) is 0 Å². The van der Waals surface area contributed by atoms with E-state index in [9.17, 15) is 22.8 Å². The van der Waals surface area contributed by atoms with Crippen LogP contribution in [0.25, 0.3) is 0 Å². The standard InChI is InChI=1S/C20H28N2O7S/c1-3-4-11-21-18(23)14-29-19(24)15-9-12-22(13-10-15)30(26,27)17-8-6-5-7-16(17)20(25)28-2/h5-8,15H,3-4,9-14H2,1-2H3,(H,21,23). The first-order valence-electron chi connectivity index (χ1n) is 9.92. The van der Waals surface area contributed by atoms with Crippen LogP contribution in [0.2, 0.25) is 0 Å². The van der Waals surface area contributed by atoms with Crippen molar-refractivity contribution in [2.45, 2.75) is 37.5 Å². The van der Waals surface area contributed by atoms with Gasteiger partial charge >= 0.3 is 11.9 Å². The van der Waals surface area contributed by atoms with E-state index in [4.69, 9.17) is 4.74 Å². The molecule has 30 heavy (non-hydrogen) atoms. The van der Waals surface area contributed by atoms with Gasteiger partial charge in [-0.3, -0.25) is 9.59 Å². The highest BCUT2D eigenvalue weighted by molar-refractivity contribution is 7.89. The summed E-state index contributed by atoms with van der Waals surface area (Å²) in [7, 11) is -2.73. The molecule has 1 aliphatic heterocycles. The monoisotopic (exact) mass is 440 g/mol. The maximum absolute atomic E-state index is 13.0. The quantitative estimate of drug-likeness (QED) is 0.454. The molecule has 1 N–H and O–H groups in total. The molecule has 166 valence electrons. The van der Waals surface area contributed by atoms with Gasteiger partial charge in [0.1, 0.15) is 0 Å². The van der Waals surface area contributed by atoms with Crippen LogP contribution in [-0.2, 0) is 29.1 Å². The third-order valence-electron chi connectivity index (χ3n) is 4.90. The summed E-state index contributed by atoms with van der Waals surface area (Å²) >= 11 is 0. The minimum Gasteiger partial charge on any atom is -0.465 e. The van der Waals surface area contributed by atoms with Gasteiger partial charge in [0.15, 0.2) is 6.61 Å². The van der Waals surface area contributed by atoms with Gasteiger partial charge in [0.2, 0.25) is 10.0 Å². The molecule has 2 rings (SSSR count). The number of rotatable bonds is 9. The maximum Gasteiger partial charge on any atom is 0.339 e. The maximum atomic E-state index is 13.0. The fraction of sp³-hybridized carbons (Fsp3) is 0.550. The molecule has 10 heteroatoms. The molecule has 1 aliphatic rings. The fourth-order valence-corrected chi connectivity index (χ4v) is 4.80. The largest absolute Gasteiger partial charge is 0.465 e. The number of amides is 1. The Morgan fingerprint density at radius 3 is 2.47 bits per heavy atom. The van der Waals surface area contributed by atoms with Crippen LogP contribution >= 0.6 is 0 Å². The molecule has 0 atom stereocenters. The average molecular weight is 441 g/mol. The summed E-state index contributed by atoms with van der Waals surface area (Å²) in [5.74, 6) is -2.07. The normalized spacial score (nSPS) is 15.4. The Morgan fingerprint density at radius 1 is 1.17 bits per heavy atom. The van der Waals surface area contributed by atoms with Crippen molar-refractivity contribution < 1.29 is 32.3 Å². The number of nitrogens with zero attached hydrogens (tertiary/aromatic N) is 1. The van der Waals surface area contributed by atoms with Crippen LogP contribution in [-0.4, -0.2) is 63.9 Å². The third-order valence-corrected chi connectivity index (χ3v) is 6.85. The molecule has 0 aliphatic carbocycles.